The van der Waals surface area contributed by atoms with E-state index in [-0.39, 0.29) is 11.8 Å². The summed E-state index contributed by atoms with van der Waals surface area (Å²) in [6.07, 6.45) is 3.08. The maximum Gasteiger partial charge on any atom is 0.221 e. The molecule has 30 heavy (non-hydrogen) atoms. The molecule has 3 aromatic carbocycles. The molecule has 3 nitrogen and oxygen atoms in total. The maximum atomic E-state index is 12.8. The fourth-order valence-electron chi connectivity index (χ4n) is 4.22. The van der Waals surface area contributed by atoms with Crippen LogP contribution in [0.25, 0.3) is 0 Å². The second kappa shape index (κ2) is 10.2. The average molecular weight is 399 g/mol. The standard InChI is InChI=1S/C27H30N2O/c30-27(19-26(24-9-3-1-4-10-24)25-11-5-2-6-12-25)28-20-22-13-15-23(16-14-22)21-29-17-7-8-18-29/h1-6,9-16,26H,7-8,17-21H2,(H,28,30). The lowest BCUT2D eigenvalue weighted by Gasteiger charge is -2.18. The van der Waals surface area contributed by atoms with Crippen molar-refractivity contribution in [1.29, 1.82) is 0 Å². The van der Waals surface area contributed by atoms with Crippen LogP contribution in [0.5, 0.6) is 0 Å². The average Bonchev–Trinajstić information content (AvgIpc) is 3.31. The summed E-state index contributed by atoms with van der Waals surface area (Å²) in [5, 5.41) is 3.11. The molecule has 1 aliphatic rings. The fourth-order valence-corrected chi connectivity index (χ4v) is 4.22. The van der Waals surface area contributed by atoms with E-state index in [1.54, 1.807) is 0 Å². The van der Waals surface area contributed by atoms with Crippen molar-refractivity contribution in [3.63, 3.8) is 0 Å². The number of likely N-dealkylation sites (tertiary alicyclic amines) is 1. The Kier molecular flexibility index (Phi) is 6.94. The van der Waals surface area contributed by atoms with Crippen molar-refractivity contribution < 1.29 is 4.79 Å². The highest BCUT2D eigenvalue weighted by Crippen LogP contribution is 2.27. The lowest BCUT2D eigenvalue weighted by Crippen LogP contribution is -2.25. The summed E-state index contributed by atoms with van der Waals surface area (Å²) in [7, 11) is 0. The van der Waals surface area contributed by atoms with E-state index in [1.807, 2.05) is 36.4 Å². The first-order chi connectivity index (χ1) is 14.8. The number of rotatable bonds is 8. The van der Waals surface area contributed by atoms with Crippen LogP contribution in [-0.2, 0) is 17.9 Å². The zero-order chi connectivity index (χ0) is 20.6. The molecule has 0 unspecified atom stereocenters. The zero-order valence-electron chi connectivity index (χ0n) is 17.5. The summed E-state index contributed by atoms with van der Waals surface area (Å²) in [4.78, 5) is 15.3. The monoisotopic (exact) mass is 398 g/mol. The molecule has 1 aliphatic heterocycles. The molecule has 0 aromatic heterocycles. The van der Waals surface area contributed by atoms with Crippen LogP contribution in [0.3, 0.4) is 0 Å². The summed E-state index contributed by atoms with van der Waals surface area (Å²) in [6.45, 7) is 4.02. The number of hydrogen-bond acceptors (Lipinski definition) is 2. The van der Waals surface area contributed by atoms with Crippen molar-refractivity contribution in [2.45, 2.75) is 38.3 Å². The predicted molar refractivity (Wildman–Crippen MR) is 122 cm³/mol. The molecule has 0 spiro atoms. The van der Waals surface area contributed by atoms with E-state index < -0.39 is 0 Å². The van der Waals surface area contributed by atoms with Crippen LogP contribution in [0.15, 0.2) is 84.9 Å². The van der Waals surface area contributed by atoms with Gasteiger partial charge in [-0.1, -0.05) is 84.9 Å². The molecule has 0 radical (unpaired) electrons. The molecule has 154 valence electrons. The van der Waals surface area contributed by atoms with E-state index in [9.17, 15) is 4.79 Å². The van der Waals surface area contributed by atoms with Crippen LogP contribution >= 0.6 is 0 Å². The van der Waals surface area contributed by atoms with Crippen LogP contribution in [0, 0.1) is 0 Å². The summed E-state index contributed by atoms with van der Waals surface area (Å²) in [5.41, 5.74) is 4.83. The molecule has 0 aliphatic carbocycles. The molecular weight excluding hydrogens is 368 g/mol. The van der Waals surface area contributed by atoms with E-state index in [1.165, 1.54) is 42.6 Å². The molecule has 1 saturated heterocycles. The van der Waals surface area contributed by atoms with Crippen molar-refractivity contribution in [3.8, 4) is 0 Å². The largest absolute Gasteiger partial charge is 0.352 e. The Morgan fingerprint density at radius 1 is 0.767 bits per heavy atom. The summed E-state index contributed by atoms with van der Waals surface area (Å²) >= 11 is 0. The lowest BCUT2D eigenvalue weighted by atomic mass is 9.88. The number of carbonyl (C=O) groups excluding carboxylic acids is 1. The Morgan fingerprint density at radius 2 is 1.30 bits per heavy atom. The smallest absolute Gasteiger partial charge is 0.221 e. The van der Waals surface area contributed by atoms with Crippen LogP contribution in [0.2, 0.25) is 0 Å². The van der Waals surface area contributed by atoms with Gasteiger partial charge in [0.05, 0.1) is 0 Å². The summed E-state index contributed by atoms with van der Waals surface area (Å²) < 4.78 is 0. The van der Waals surface area contributed by atoms with Crippen molar-refractivity contribution in [1.82, 2.24) is 10.2 Å². The summed E-state index contributed by atoms with van der Waals surface area (Å²) in [5.74, 6) is 0.143. The Hall–Kier alpha value is -2.91. The van der Waals surface area contributed by atoms with Gasteiger partial charge in [0.2, 0.25) is 5.91 Å². The molecule has 3 heteroatoms. The second-order valence-electron chi connectivity index (χ2n) is 8.15. The first kappa shape index (κ1) is 20.4. The predicted octanol–water partition coefficient (Wildman–Crippen LogP) is 5.12. The number of carbonyl (C=O) groups is 1. The van der Waals surface area contributed by atoms with Gasteiger partial charge in [0.25, 0.3) is 0 Å². The first-order valence-electron chi connectivity index (χ1n) is 10.9. The molecule has 0 bridgehead atoms. The number of nitrogens with one attached hydrogen (secondary N) is 1. The second-order valence-corrected chi connectivity index (χ2v) is 8.15. The van der Waals surface area contributed by atoms with Gasteiger partial charge in [-0.05, 0) is 48.2 Å². The number of nitrogens with zero attached hydrogens (tertiary/aromatic N) is 1. The van der Waals surface area contributed by atoms with Gasteiger partial charge in [-0.2, -0.15) is 0 Å². The Balaban J connectivity index is 1.34. The van der Waals surface area contributed by atoms with Gasteiger partial charge in [0.15, 0.2) is 0 Å². The van der Waals surface area contributed by atoms with Crippen molar-refractivity contribution in [2.75, 3.05) is 13.1 Å². The zero-order valence-corrected chi connectivity index (χ0v) is 17.5. The van der Waals surface area contributed by atoms with Gasteiger partial charge in [0.1, 0.15) is 0 Å². The van der Waals surface area contributed by atoms with Crippen LogP contribution in [-0.4, -0.2) is 23.9 Å². The molecule has 0 saturated carbocycles. The Bertz CT molecular complexity index is 877. The third-order valence-corrected chi connectivity index (χ3v) is 5.91. The third kappa shape index (κ3) is 5.58. The van der Waals surface area contributed by atoms with Gasteiger partial charge in [-0.3, -0.25) is 9.69 Å². The quantitative estimate of drug-likeness (QED) is 0.571. The van der Waals surface area contributed by atoms with Crippen LogP contribution < -0.4 is 5.32 Å². The van der Waals surface area contributed by atoms with E-state index in [4.69, 9.17) is 0 Å². The highest BCUT2D eigenvalue weighted by atomic mass is 16.1. The minimum Gasteiger partial charge on any atom is -0.352 e. The van der Waals surface area contributed by atoms with Crippen molar-refractivity contribution in [2.24, 2.45) is 0 Å². The SMILES string of the molecule is O=C(CC(c1ccccc1)c1ccccc1)NCc1ccc(CN2CCCC2)cc1. The molecule has 4 rings (SSSR count). The number of hydrogen-bond donors (Lipinski definition) is 1. The summed E-state index contributed by atoms with van der Waals surface area (Å²) in [6, 6.07) is 29.2. The molecule has 1 heterocycles. The molecule has 1 amide bonds. The van der Waals surface area contributed by atoms with E-state index in [2.05, 4.69) is 58.7 Å². The van der Waals surface area contributed by atoms with Gasteiger partial charge in [0, 0.05) is 25.4 Å². The fraction of sp³-hybridized carbons (Fsp3) is 0.296. The van der Waals surface area contributed by atoms with Crippen molar-refractivity contribution in [3.05, 3.63) is 107 Å². The Labute approximate surface area is 179 Å². The Morgan fingerprint density at radius 3 is 1.87 bits per heavy atom. The van der Waals surface area contributed by atoms with E-state index in [0.29, 0.717) is 13.0 Å². The van der Waals surface area contributed by atoms with Gasteiger partial charge in [-0.25, -0.2) is 0 Å². The van der Waals surface area contributed by atoms with E-state index >= 15 is 0 Å². The highest BCUT2D eigenvalue weighted by Gasteiger charge is 2.18. The maximum absolute atomic E-state index is 12.8. The van der Waals surface area contributed by atoms with Gasteiger partial charge < -0.3 is 5.32 Å². The molecule has 1 fully saturated rings. The number of benzene rings is 3. The molecule has 1 N–H and O–H groups in total. The molecule has 0 atom stereocenters. The minimum atomic E-state index is 0.0650. The number of amides is 1. The highest BCUT2D eigenvalue weighted by molar-refractivity contribution is 5.77. The molecular formula is C27H30N2O. The topological polar surface area (TPSA) is 32.3 Å². The van der Waals surface area contributed by atoms with Gasteiger partial charge in [-0.15, -0.1) is 0 Å². The van der Waals surface area contributed by atoms with Gasteiger partial charge >= 0.3 is 0 Å². The van der Waals surface area contributed by atoms with Crippen molar-refractivity contribution >= 4 is 5.91 Å². The third-order valence-electron chi connectivity index (χ3n) is 5.91. The van der Waals surface area contributed by atoms with Crippen LogP contribution in [0.1, 0.15) is 47.4 Å². The molecule has 3 aromatic rings. The first-order valence-corrected chi connectivity index (χ1v) is 10.9. The normalized spacial score (nSPS) is 14.2. The minimum absolute atomic E-state index is 0.0650. The van der Waals surface area contributed by atoms with Crippen LogP contribution in [0.4, 0.5) is 0 Å². The lowest BCUT2D eigenvalue weighted by molar-refractivity contribution is -0.121. The van der Waals surface area contributed by atoms with E-state index in [0.717, 1.165) is 12.1 Å².